The fourth-order valence-electron chi connectivity index (χ4n) is 3.74. The molecule has 0 aliphatic carbocycles. The van der Waals surface area contributed by atoms with Crippen LogP contribution < -0.4 is 14.4 Å². The number of methoxy groups -OCH3 is 1. The molecule has 1 atom stereocenters. The van der Waals surface area contributed by atoms with Gasteiger partial charge in [-0.15, -0.1) is 0 Å². The number of carbonyl (C=O) groups is 2. The lowest BCUT2D eigenvalue weighted by molar-refractivity contribution is -0.139. The number of ether oxygens (including phenoxy) is 1. The quantitative estimate of drug-likeness (QED) is 0.474. The summed E-state index contributed by atoms with van der Waals surface area (Å²) in [5.41, 5.74) is 2.10. The Morgan fingerprint density at radius 1 is 1.03 bits per heavy atom. The Kier molecular flexibility index (Phi) is 10.1. The first-order chi connectivity index (χ1) is 17.1. The van der Waals surface area contributed by atoms with Crippen LogP contribution in [0.5, 0.6) is 5.75 Å². The molecule has 0 fully saturated rings. The number of carbonyl (C=O) groups excluding carboxylic acids is 2. The van der Waals surface area contributed by atoms with Crippen molar-refractivity contribution >= 4 is 27.5 Å². The summed E-state index contributed by atoms with van der Waals surface area (Å²) in [6.07, 6.45) is 1.07. The molecule has 0 saturated carbocycles. The number of amides is 2. The molecule has 0 unspecified atom stereocenters. The summed E-state index contributed by atoms with van der Waals surface area (Å²) in [4.78, 5) is 28.0. The average Bonchev–Trinajstić information content (AvgIpc) is 2.82. The maximum Gasteiger partial charge on any atom is 0.244 e. The Morgan fingerprint density at radius 3 is 2.16 bits per heavy atom. The summed E-state index contributed by atoms with van der Waals surface area (Å²) < 4.78 is 31.9. The topological polar surface area (TPSA) is 96.0 Å². The van der Waals surface area contributed by atoms with E-state index in [0.29, 0.717) is 18.0 Å². The van der Waals surface area contributed by atoms with Crippen LogP contribution in [-0.2, 0) is 31.6 Å². The molecule has 37 heavy (non-hydrogen) atoms. The van der Waals surface area contributed by atoms with Gasteiger partial charge in [-0.1, -0.05) is 58.9 Å². The molecule has 2 aromatic carbocycles. The van der Waals surface area contributed by atoms with E-state index in [0.717, 1.165) is 21.7 Å². The van der Waals surface area contributed by atoms with Crippen LogP contribution >= 0.6 is 0 Å². The molecule has 0 bridgehead atoms. The third kappa shape index (κ3) is 8.77. The smallest absolute Gasteiger partial charge is 0.244 e. The van der Waals surface area contributed by atoms with Crippen LogP contribution in [0.2, 0.25) is 0 Å². The number of sulfonamides is 1. The standard InChI is InChI=1S/C28H41N3O5S/c1-20(2)17-29-27(33)21(3)30(18-22-10-9-11-25(16-22)36-7)26(32)19-31(37(8,34)35)24-14-12-23(13-15-24)28(4,5)6/h9-16,20-21H,17-19H2,1-8H3,(H,29,33)/t21-/m1/s1. The molecule has 0 saturated heterocycles. The second-order valence-electron chi connectivity index (χ2n) is 10.8. The predicted octanol–water partition coefficient (Wildman–Crippen LogP) is 3.95. The molecule has 2 rings (SSSR count). The third-order valence-corrected chi connectivity index (χ3v) is 7.18. The van der Waals surface area contributed by atoms with Crippen LogP contribution in [0.15, 0.2) is 48.5 Å². The molecule has 204 valence electrons. The SMILES string of the molecule is COc1cccc(CN(C(=O)CN(c2ccc(C(C)(C)C)cc2)S(C)(=O)=O)[C@H](C)C(=O)NCC(C)C)c1. The van der Waals surface area contributed by atoms with Crippen molar-refractivity contribution in [2.24, 2.45) is 5.92 Å². The maximum absolute atomic E-state index is 13.7. The minimum Gasteiger partial charge on any atom is -0.497 e. The second-order valence-corrected chi connectivity index (χ2v) is 12.7. The van der Waals surface area contributed by atoms with Gasteiger partial charge in [-0.05, 0) is 53.6 Å². The Morgan fingerprint density at radius 2 is 1.65 bits per heavy atom. The lowest BCUT2D eigenvalue weighted by Gasteiger charge is -2.32. The molecule has 0 aliphatic heterocycles. The van der Waals surface area contributed by atoms with Crippen LogP contribution in [-0.4, -0.2) is 57.6 Å². The number of rotatable bonds is 11. The summed E-state index contributed by atoms with van der Waals surface area (Å²) >= 11 is 0. The zero-order chi connectivity index (χ0) is 28.0. The summed E-state index contributed by atoms with van der Waals surface area (Å²) in [6, 6.07) is 13.6. The molecule has 0 spiro atoms. The largest absolute Gasteiger partial charge is 0.497 e. The van der Waals surface area contributed by atoms with Gasteiger partial charge in [0.15, 0.2) is 0 Å². The Hall–Kier alpha value is -3.07. The van der Waals surface area contributed by atoms with E-state index in [1.807, 2.05) is 32.0 Å². The summed E-state index contributed by atoms with van der Waals surface area (Å²) in [7, 11) is -2.23. The zero-order valence-corrected chi connectivity index (χ0v) is 24.1. The molecule has 2 amide bonds. The minimum absolute atomic E-state index is 0.101. The molecule has 0 aromatic heterocycles. The monoisotopic (exact) mass is 531 g/mol. The van der Waals surface area contributed by atoms with Gasteiger partial charge < -0.3 is 15.0 Å². The second kappa shape index (κ2) is 12.4. The van der Waals surface area contributed by atoms with Crippen molar-refractivity contribution in [3.05, 3.63) is 59.7 Å². The highest BCUT2D eigenvalue weighted by Gasteiger charge is 2.30. The highest BCUT2D eigenvalue weighted by atomic mass is 32.2. The van der Waals surface area contributed by atoms with Crippen LogP contribution in [0.3, 0.4) is 0 Å². The Labute approximate surface area is 222 Å². The number of benzene rings is 2. The van der Waals surface area contributed by atoms with Gasteiger partial charge in [0, 0.05) is 13.1 Å². The first kappa shape index (κ1) is 30.2. The summed E-state index contributed by atoms with van der Waals surface area (Å²) in [6.45, 7) is 12.0. The van der Waals surface area contributed by atoms with Gasteiger partial charge in [0.05, 0.1) is 19.1 Å². The van der Waals surface area contributed by atoms with Crippen molar-refractivity contribution in [1.82, 2.24) is 10.2 Å². The maximum atomic E-state index is 13.7. The van der Waals surface area contributed by atoms with Crippen molar-refractivity contribution < 1.29 is 22.7 Å². The highest BCUT2D eigenvalue weighted by Crippen LogP contribution is 2.26. The van der Waals surface area contributed by atoms with Gasteiger partial charge >= 0.3 is 0 Å². The molecule has 0 radical (unpaired) electrons. The van der Waals surface area contributed by atoms with Crippen LogP contribution in [0.1, 0.15) is 52.7 Å². The molecule has 9 heteroatoms. The minimum atomic E-state index is -3.78. The predicted molar refractivity (Wildman–Crippen MR) is 148 cm³/mol. The zero-order valence-electron chi connectivity index (χ0n) is 23.2. The molecular formula is C28H41N3O5S. The van der Waals surface area contributed by atoms with Crippen LogP contribution in [0.4, 0.5) is 5.69 Å². The number of hydrogen-bond acceptors (Lipinski definition) is 5. The normalized spacial score (nSPS) is 12.7. The third-order valence-electron chi connectivity index (χ3n) is 6.04. The Balaban J connectivity index is 2.40. The van der Waals surface area contributed by atoms with Crippen molar-refractivity contribution in [2.75, 3.05) is 30.8 Å². The number of hydrogen-bond donors (Lipinski definition) is 1. The summed E-state index contributed by atoms with van der Waals surface area (Å²) in [5, 5.41) is 2.87. The first-order valence-electron chi connectivity index (χ1n) is 12.4. The molecule has 2 aromatic rings. The van der Waals surface area contributed by atoms with Gasteiger partial charge in [-0.25, -0.2) is 8.42 Å². The van der Waals surface area contributed by atoms with E-state index in [9.17, 15) is 18.0 Å². The number of nitrogens with one attached hydrogen (secondary N) is 1. The fourth-order valence-corrected chi connectivity index (χ4v) is 4.59. The lowest BCUT2D eigenvalue weighted by Crippen LogP contribution is -2.51. The van der Waals surface area contributed by atoms with Crippen molar-refractivity contribution in [3.63, 3.8) is 0 Å². The van der Waals surface area contributed by atoms with E-state index in [2.05, 4.69) is 26.1 Å². The van der Waals surface area contributed by atoms with Crippen LogP contribution in [0, 0.1) is 5.92 Å². The van der Waals surface area contributed by atoms with Gasteiger partial charge in [0.2, 0.25) is 21.8 Å². The van der Waals surface area contributed by atoms with E-state index >= 15 is 0 Å². The highest BCUT2D eigenvalue weighted by molar-refractivity contribution is 7.92. The molecule has 0 aliphatic rings. The molecule has 8 nitrogen and oxygen atoms in total. The van der Waals surface area contributed by atoms with E-state index < -0.39 is 28.5 Å². The first-order valence-corrected chi connectivity index (χ1v) is 14.3. The molecular weight excluding hydrogens is 490 g/mol. The van der Waals surface area contributed by atoms with Crippen LogP contribution in [0.25, 0.3) is 0 Å². The van der Waals surface area contributed by atoms with Gasteiger partial charge in [0.25, 0.3) is 0 Å². The van der Waals surface area contributed by atoms with Gasteiger partial charge in [0.1, 0.15) is 18.3 Å². The van der Waals surface area contributed by atoms with Crippen molar-refractivity contribution in [1.29, 1.82) is 0 Å². The van der Waals surface area contributed by atoms with Crippen molar-refractivity contribution in [2.45, 2.75) is 59.5 Å². The fraction of sp³-hybridized carbons (Fsp3) is 0.500. The van der Waals surface area contributed by atoms with E-state index in [4.69, 9.17) is 4.74 Å². The lowest BCUT2D eigenvalue weighted by atomic mass is 9.87. The number of nitrogens with zero attached hydrogens (tertiary/aromatic N) is 2. The Bertz CT molecular complexity index is 1170. The van der Waals surface area contributed by atoms with Gasteiger partial charge in [-0.3, -0.25) is 13.9 Å². The average molecular weight is 532 g/mol. The van der Waals surface area contributed by atoms with E-state index in [-0.39, 0.29) is 23.8 Å². The van der Waals surface area contributed by atoms with E-state index in [1.165, 1.54) is 4.90 Å². The van der Waals surface area contributed by atoms with Gasteiger partial charge in [-0.2, -0.15) is 0 Å². The van der Waals surface area contributed by atoms with E-state index in [1.54, 1.807) is 44.4 Å². The molecule has 1 N–H and O–H groups in total. The molecule has 0 heterocycles. The summed E-state index contributed by atoms with van der Waals surface area (Å²) in [5.74, 6) is 0.0831. The van der Waals surface area contributed by atoms with Crippen molar-refractivity contribution in [3.8, 4) is 5.75 Å². The number of anilines is 1.